The molecule has 1 rings (SSSR count). The zero-order valence-corrected chi connectivity index (χ0v) is 10.1. The van der Waals surface area contributed by atoms with Gasteiger partial charge < -0.3 is 0 Å². The lowest BCUT2D eigenvalue weighted by molar-refractivity contribution is 0.556. The van der Waals surface area contributed by atoms with Gasteiger partial charge in [-0.2, -0.15) is 0 Å². The molecule has 1 aromatic rings. The largest absolute Gasteiger partial charge is 0.299 e. The van der Waals surface area contributed by atoms with E-state index in [1.807, 2.05) is 12.1 Å². The van der Waals surface area contributed by atoms with Crippen LogP contribution < -0.4 is 5.32 Å². The van der Waals surface area contributed by atoms with Gasteiger partial charge in [-0.3, -0.25) is 5.32 Å². The Morgan fingerprint density at radius 3 is 2.73 bits per heavy atom. The van der Waals surface area contributed by atoms with Gasteiger partial charge in [0.1, 0.15) is 0 Å². The van der Waals surface area contributed by atoms with Crippen molar-refractivity contribution in [2.45, 2.75) is 19.4 Å². The minimum atomic E-state index is 0.186. The van der Waals surface area contributed by atoms with E-state index in [4.69, 9.17) is 29.6 Å². The van der Waals surface area contributed by atoms with Crippen molar-refractivity contribution < 1.29 is 0 Å². The zero-order valence-electron chi connectivity index (χ0n) is 8.56. The van der Waals surface area contributed by atoms with Crippen LogP contribution in [0.25, 0.3) is 0 Å². The van der Waals surface area contributed by atoms with Gasteiger partial charge in [-0.05, 0) is 24.1 Å². The minimum absolute atomic E-state index is 0.186. The summed E-state index contributed by atoms with van der Waals surface area (Å²) in [6.07, 6.45) is 6.14. The summed E-state index contributed by atoms with van der Waals surface area (Å²) >= 11 is 11.9. The smallest absolute Gasteiger partial charge is 0.0578 e. The second kappa shape index (κ2) is 6.02. The standard InChI is InChI=1S/C12H13Cl2N/c1-3-7-15-12(4-2)10-6-5-9(13)8-11(10)14/h1,5-6,8,12,15H,4,7H2,2H3. The van der Waals surface area contributed by atoms with Crippen LogP contribution in [0.5, 0.6) is 0 Å². The van der Waals surface area contributed by atoms with Crippen LogP contribution in [0.15, 0.2) is 18.2 Å². The van der Waals surface area contributed by atoms with Crippen molar-refractivity contribution in [1.29, 1.82) is 0 Å². The molecule has 15 heavy (non-hydrogen) atoms. The maximum absolute atomic E-state index is 6.11. The van der Waals surface area contributed by atoms with E-state index in [-0.39, 0.29) is 6.04 Å². The Morgan fingerprint density at radius 2 is 2.20 bits per heavy atom. The van der Waals surface area contributed by atoms with Crippen molar-refractivity contribution in [1.82, 2.24) is 5.32 Å². The summed E-state index contributed by atoms with van der Waals surface area (Å²) < 4.78 is 0. The lowest BCUT2D eigenvalue weighted by atomic mass is 10.0. The third-order valence-electron chi connectivity index (χ3n) is 2.20. The molecule has 1 atom stereocenters. The fourth-order valence-corrected chi connectivity index (χ4v) is 1.98. The van der Waals surface area contributed by atoms with Gasteiger partial charge in [-0.15, -0.1) is 6.42 Å². The number of terminal acetylenes is 1. The maximum atomic E-state index is 6.11. The Kier molecular flexibility index (Phi) is 4.98. The molecule has 1 N–H and O–H groups in total. The molecule has 0 saturated carbocycles. The molecule has 80 valence electrons. The minimum Gasteiger partial charge on any atom is -0.299 e. The molecule has 0 aromatic heterocycles. The molecule has 0 fully saturated rings. The van der Waals surface area contributed by atoms with Crippen LogP contribution >= 0.6 is 23.2 Å². The van der Waals surface area contributed by atoms with Crippen molar-refractivity contribution in [3.63, 3.8) is 0 Å². The molecule has 0 bridgehead atoms. The van der Waals surface area contributed by atoms with E-state index in [1.54, 1.807) is 6.07 Å². The maximum Gasteiger partial charge on any atom is 0.0578 e. The second-order valence-electron chi connectivity index (χ2n) is 3.21. The van der Waals surface area contributed by atoms with Crippen LogP contribution in [0.2, 0.25) is 10.0 Å². The van der Waals surface area contributed by atoms with E-state index >= 15 is 0 Å². The number of hydrogen-bond donors (Lipinski definition) is 1. The van der Waals surface area contributed by atoms with Gasteiger partial charge in [0, 0.05) is 16.1 Å². The summed E-state index contributed by atoms with van der Waals surface area (Å²) in [5.41, 5.74) is 1.04. The molecular formula is C12H13Cl2N. The normalized spacial score (nSPS) is 12.1. The Labute approximate surface area is 101 Å². The Balaban J connectivity index is 2.87. The van der Waals surface area contributed by atoms with Gasteiger partial charge in [0.25, 0.3) is 0 Å². The number of halogens is 2. The summed E-state index contributed by atoms with van der Waals surface area (Å²) in [5.74, 6) is 2.55. The van der Waals surface area contributed by atoms with E-state index in [0.717, 1.165) is 12.0 Å². The molecule has 0 aliphatic carbocycles. The van der Waals surface area contributed by atoms with Crippen molar-refractivity contribution in [2.24, 2.45) is 0 Å². The summed E-state index contributed by atoms with van der Waals surface area (Å²) in [4.78, 5) is 0. The van der Waals surface area contributed by atoms with Crippen molar-refractivity contribution in [2.75, 3.05) is 6.54 Å². The lowest BCUT2D eigenvalue weighted by Crippen LogP contribution is -2.21. The average Bonchev–Trinajstić information content (AvgIpc) is 2.21. The zero-order chi connectivity index (χ0) is 11.3. The van der Waals surface area contributed by atoms with Crippen LogP contribution in [0.3, 0.4) is 0 Å². The Bertz CT molecular complexity index is 368. The molecular weight excluding hydrogens is 229 g/mol. The summed E-state index contributed by atoms with van der Waals surface area (Å²) in [6, 6.07) is 5.70. The third kappa shape index (κ3) is 3.43. The highest BCUT2D eigenvalue weighted by atomic mass is 35.5. The topological polar surface area (TPSA) is 12.0 Å². The molecule has 1 unspecified atom stereocenters. The van der Waals surface area contributed by atoms with Crippen molar-refractivity contribution >= 4 is 23.2 Å². The van der Waals surface area contributed by atoms with Gasteiger partial charge in [0.15, 0.2) is 0 Å². The molecule has 0 radical (unpaired) electrons. The van der Waals surface area contributed by atoms with E-state index in [0.29, 0.717) is 16.6 Å². The highest BCUT2D eigenvalue weighted by Crippen LogP contribution is 2.27. The van der Waals surface area contributed by atoms with E-state index < -0.39 is 0 Å². The highest BCUT2D eigenvalue weighted by molar-refractivity contribution is 6.35. The number of nitrogens with one attached hydrogen (secondary N) is 1. The number of rotatable bonds is 4. The van der Waals surface area contributed by atoms with Crippen molar-refractivity contribution in [3.8, 4) is 12.3 Å². The Morgan fingerprint density at radius 1 is 1.47 bits per heavy atom. The first-order chi connectivity index (χ1) is 7.19. The first-order valence-electron chi connectivity index (χ1n) is 4.80. The monoisotopic (exact) mass is 241 g/mol. The lowest BCUT2D eigenvalue weighted by Gasteiger charge is -2.17. The van der Waals surface area contributed by atoms with E-state index in [9.17, 15) is 0 Å². The molecule has 0 spiro atoms. The SMILES string of the molecule is C#CCNC(CC)c1ccc(Cl)cc1Cl. The van der Waals surface area contributed by atoms with E-state index in [2.05, 4.69) is 18.2 Å². The quantitative estimate of drug-likeness (QED) is 0.794. The van der Waals surface area contributed by atoms with Crippen LogP contribution in [0.4, 0.5) is 0 Å². The molecule has 0 amide bonds. The van der Waals surface area contributed by atoms with Gasteiger partial charge in [-0.1, -0.05) is 42.1 Å². The molecule has 0 saturated heterocycles. The molecule has 0 aliphatic heterocycles. The second-order valence-corrected chi connectivity index (χ2v) is 4.06. The molecule has 0 heterocycles. The fraction of sp³-hybridized carbons (Fsp3) is 0.333. The number of hydrogen-bond acceptors (Lipinski definition) is 1. The summed E-state index contributed by atoms with van der Waals surface area (Å²) in [6.45, 7) is 2.62. The molecule has 3 heteroatoms. The van der Waals surface area contributed by atoms with Crippen molar-refractivity contribution in [3.05, 3.63) is 33.8 Å². The van der Waals surface area contributed by atoms with Crippen LogP contribution in [-0.2, 0) is 0 Å². The van der Waals surface area contributed by atoms with Crippen LogP contribution in [0, 0.1) is 12.3 Å². The van der Waals surface area contributed by atoms with E-state index in [1.165, 1.54) is 0 Å². The first kappa shape index (κ1) is 12.4. The number of benzene rings is 1. The fourth-order valence-electron chi connectivity index (χ4n) is 1.44. The molecule has 0 aliphatic rings. The Hall–Kier alpha value is -0.680. The predicted octanol–water partition coefficient (Wildman–Crippen LogP) is 3.67. The van der Waals surface area contributed by atoms with Crippen LogP contribution in [0.1, 0.15) is 24.9 Å². The summed E-state index contributed by atoms with van der Waals surface area (Å²) in [7, 11) is 0. The van der Waals surface area contributed by atoms with Gasteiger partial charge >= 0.3 is 0 Å². The molecule has 1 nitrogen and oxygen atoms in total. The van der Waals surface area contributed by atoms with Gasteiger partial charge in [0.2, 0.25) is 0 Å². The predicted molar refractivity (Wildman–Crippen MR) is 66.3 cm³/mol. The van der Waals surface area contributed by atoms with Crippen LogP contribution in [-0.4, -0.2) is 6.54 Å². The summed E-state index contributed by atoms with van der Waals surface area (Å²) in [5, 5.41) is 4.56. The third-order valence-corrected chi connectivity index (χ3v) is 2.76. The average molecular weight is 242 g/mol. The molecule has 1 aromatic carbocycles. The van der Waals surface area contributed by atoms with Gasteiger partial charge in [0.05, 0.1) is 6.54 Å². The van der Waals surface area contributed by atoms with Gasteiger partial charge in [-0.25, -0.2) is 0 Å². The highest BCUT2D eigenvalue weighted by Gasteiger charge is 2.11. The first-order valence-corrected chi connectivity index (χ1v) is 5.56.